The van der Waals surface area contributed by atoms with Gasteiger partial charge in [-0.2, -0.15) is 0 Å². The van der Waals surface area contributed by atoms with Crippen molar-refractivity contribution < 1.29 is 13.5 Å². The number of rotatable bonds is 6. The second-order valence-corrected chi connectivity index (χ2v) is 4.33. The molecule has 0 heterocycles. The molecular weight excluding hydrogens is 224 g/mol. The van der Waals surface area contributed by atoms with Crippen molar-refractivity contribution in [2.75, 3.05) is 13.7 Å². The standard InChI is InChI=1S/C13H19F2NO/c1-9(6-7-17-2)13(16)8-10-11(14)4-3-5-12(10)15/h3-5,9,13H,6-8,16H2,1-2H3. The Kier molecular flexibility index (Phi) is 5.51. The Morgan fingerprint density at radius 3 is 2.41 bits per heavy atom. The maximum absolute atomic E-state index is 13.4. The summed E-state index contributed by atoms with van der Waals surface area (Å²) in [5.74, 6) is -0.896. The minimum atomic E-state index is -0.528. The molecule has 0 saturated heterocycles. The van der Waals surface area contributed by atoms with Crippen molar-refractivity contribution in [3.8, 4) is 0 Å². The summed E-state index contributed by atoms with van der Waals surface area (Å²) in [6.07, 6.45) is 0.997. The molecule has 1 rings (SSSR count). The third-order valence-electron chi connectivity index (χ3n) is 3.01. The van der Waals surface area contributed by atoms with E-state index in [1.54, 1.807) is 7.11 Å². The molecule has 2 atom stereocenters. The normalized spacial score (nSPS) is 14.6. The number of halogens is 2. The highest BCUT2D eigenvalue weighted by Gasteiger charge is 2.17. The molecule has 4 heteroatoms. The number of ether oxygens (including phenoxy) is 1. The lowest BCUT2D eigenvalue weighted by Crippen LogP contribution is -2.32. The molecule has 0 spiro atoms. The predicted octanol–water partition coefficient (Wildman–Crippen LogP) is 2.51. The monoisotopic (exact) mass is 243 g/mol. The van der Waals surface area contributed by atoms with Gasteiger partial charge in [0, 0.05) is 25.3 Å². The van der Waals surface area contributed by atoms with Crippen molar-refractivity contribution >= 4 is 0 Å². The van der Waals surface area contributed by atoms with Gasteiger partial charge < -0.3 is 10.5 Å². The first-order chi connectivity index (χ1) is 8.06. The zero-order chi connectivity index (χ0) is 12.8. The molecule has 0 radical (unpaired) electrons. The second kappa shape index (κ2) is 6.67. The van der Waals surface area contributed by atoms with E-state index in [4.69, 9.17) is 10.5 Å². The first-order valence-corrected chi connectivity index (χ1v) is 5.73. The van der Waals surface area contributed by atoms with Crippen molar-refractivity contribution in [2.45, 2.75) is 25.8 Å². The Balaban J connectivity index is 2.64. The van der Waals surface area contributed by atoms with Crippen LogP contribution in [0, 0.1) is 17.6 Å². The third kappa shape index (κ3) is 4.06. The Labute approximate surface area is 101 Å². The zero-order valence-corrected chi connectivity index (χ0v) is 10.2. The van der Waals surface area contributed by atoms with Crippen LogP contribution < -0.4 is 5.73 Å². The molecule has 2 unspecified atom stereocenters. The van der Waals surface area contributed by atoms with Crippen LogP contribution in [0.4, 0.5) is 8.78 Å². The molecular formula is C13H19F2NO. The van der Waals surface area contributed by atoms with Gasteiger partial charge in [0.25, 0.3) is 0 Å². The summed E-state index contributed by atoms with van der Waals surface area (Å²) in [5.41, 5.74) is 6.01. The molecule has 0 saturated carbocycles. The lowest BCUT2D eigenvalue weighted by atomic mass is 9.93. The van der Waals surface area contributed by atoms with Crippen LogP contribution in [0.15, 0.2) is 18.2 Å². The summed E-state index contributed by atoms with van der Waals surface area (Å²) < 4.78 is 31.8. The van der Waals surface area contributed by atoms with Crippen LogP contribution in [0.5, 0.6) is 0 Å². The number of methoxy groups -OCH3 is 1. The van der Waals surface area contributed by atoms with Crippen LogP contribution >= 0.6 is 0 Å². The maximum atomic E-state index is 13.4. The summed E-state index contributed by atoms with van der Waals surface area (Å²) in [4.78, 5) is 0. The fourth-order valence-electron chi connectivity index (χ4n) is 1.68. The minimum Gasteiger partial charge on any atom is -0.385 e. The van der Waals surface area contributed by atoms with Crippen molar-refractivity contribution in [3.63, 3.8) is 0 Å². The molecule has 0 amide bonds. The van der Waals surface area contributed by atoms with Gasteiger partial charge in [-0.05, 0) is 30.9 Å². The summed E-state index contributed by atoms with van der Waals surface area (Å²) in [7, 11) is 1.62. The number of nitrogens with two attached hydrogens (primary N) is 1. The van der Waals surface area contributed by atoms with E-state index in [2.05, 4.69) is 0 Å². The molecule has 0 aliphatic carbocycles. The first-order valence-electron chi connectivity index (χ1n) is 5.73. The van der Waals surface area contributed by atoms with Crippen LogP contribution in [0.3, 0.4) is 0 Å². The van der Waals surface area contributed by atoms with Gasteiger partial charge in [-0.1, -0.05) is 13.0 Å². The Morgan fingerprint density at radius 2 is 1.88 bits per heavy atom. The Morgan fingerprint density at radius 1 is 1.29 bits per heavy atom. The SMILES string of the molecule is COCCC(C)C(N)Cc1c(F)cccc1F. The fraction of sp³-hybridized carbons (Fsp3) is 0.538. The average Bonchev–Trinajstić information content (AvgIpc) is 2.30. The molecule has 0 bridgehead atoms. The number of hydrogen-bond acceptors (Lipinski definition) is 2. The maximum Gasteiger partial charge on any atom is 0.129 e. The summed E-state index contributed by atoms with van der Waals surface area (Å²) in [5, 5.41) is 0. The molecule has 2 N–H and O–H groups in total. The van der Waals surface area contributed by atoms with Gasteiger partial charge in [0.15, 0.2) is 0 Å². The third-order valence-corrected chi connectivity index (χ3v) is 3.01. The minimum absolute atomic E-state index is 0.0734. The number of hydrogen-bond donors (Lipinski definition) is 1. The van der Waals surface area contributed by atoms with Crippen molar-refractivity contribution in [3.05, 3.63) is 35.4 Å². The van der Waals surface area contributed by atoms with Gasteiger partial charge >= 0.3 is 0 Å². The highest BCUT2D eigenvalue weighted by Crippen LogP contribution is 2.17. The quantitative estimate of drug-likeness (QED) is 0.833. The first kappa shape index (κ1) is 14.1. The van der Waals surface area contributed by atoms with Crippen molar-refractivity contribution in [1.29, 1.82) is 0 Å². The van der Waals surface area contributed by atoms with E-state index in [1.165, 1.54) is 18.2 Å². The van der Waals surface area contributed by atoms with Gasteiger partial charge in [-0.15, -0.1) is 0 Å². The largest absolute Gasteiger partial charge is 0.385 e. The van der Waals surface area contributed by atoms with Gasteiger partial charge in [0.1, 0.15) is 11.6 Å². The highest BCUT2D eigenvalue weighted by atomic mass is 19.1. The molecule has 0 aliphatic heterocycles. The summed E-state index contributed by atoms with van der Waals surface area (Å²) >= 11 is 0. The lowest BCUT2D eigenvalue weighted by Gasteiger charge is -2.20. The zero-order valence-electron chi connectivity index (χ0n) is 10.2. The van der Waals surface area contributed by atoms with Crippen LogP contribution in [0.25, 0.3) is 0 Å². The van der Waals surface area contributed by atoms with E-state index >= 15 is 0 Å². The highest BCUT2D eigenvalue weighted by molar-refractivity contribution is 5.20. The molecule has 2 nitrogen and oxygen atoms in total. The molecule has 0 fully saturated rings. The molecule has 96 valence electrons. The second-order valence-electron chi connectivity index (χ2n) is 4.33. The van der Waals surface area contributed by atoms with E-state index in [9.17, 15) is 8.78 Å². The van der Waals surface area contributed by atoms with Crippen LogP contribution in [0.1, 0.15) is 18.9 Å². The van der Waals surface area contributed by atoms with Crippen LogP contribution in [0.2, 0.25) is 0 Å². The van der Waals surface area contributed by atoms with Crippen molar-refractivity contribution in [2.24, 2.45) is 11.7 Å². The smallest absolute Gasteiger partial charge is 0.129 e. The van der Waals surface area contributed by atoms with Gasteiger partial charge in [-0.3, -0.25) is 0 Å². The van der Waals surface area contributed by atoms with E-state index < -0.39 is 11.6 Å². The number of benzene rings is 1. The van der Waals surface area contributed by atoms with Crippen molar-refractivity contribution in [1.82, 2.24) is 0 Å². The van der Waals surface area contributed by atoms with E-state index in [1.807, 2.05) is 6.92 Å². The van der Waals surface area contributed by atoms with Gasteiger partial charge in [0.05, 0.1) is 0 Å². The van der Waals surface area contributed by atoms with Crippen LogP contribution in [-0.2, 0) is 11.2 Å². The van der Waals surface area contributed by atoms with Crippen LogP contribution in [-0.4, -0.2) is 19.8 Å². The average molecular weight is 243 g/mol. The van der Waals surface area contributed by atoms with E-state index in [0.29, 0.717) is 6.61 Å². The Hall–Kier alpha value is -1.00. The molecule has 17 heavy (non-hydrogen) atoms. The Bertz CT molecular complexity index is 337. The molecule has 1 aromatic carbocycles. The van der Waals surface area contributed by atoms with E-state index in [-0.39, 0.29) is 23.9 Å². The fourth-order valence-corrected chi connectivity index (χ4v) is 1.68. The summed E-state index contributed by atoms with van der Waals surface area (Å²) in [6.45, 7) is 2.57. The van der Waals surface area contributed by atoms with Gasteiger partial charge in [0.2, 0.25) is 0 Å². The van der Waals surface area contributed by atoms with E-state index in [0.717, 1.165) is 6.42 Å². The molecule has 0 aliphatic rings. The lowest BCUT2D eigenvalue weighted by molar-refractivity contribution is 0.174. The molecule has 0 aromatic heterocycles. The van der Waals surface area contributed by atoms with Gasteiger partial charge in [-0.25, -0.2) is 8.78 Å². The predicted molar refractivity (Wildman–Crippen MR) is 63.7 cm³/mol. The molecule has 1 aromatic rings. The summed E-state index contributed by atoms with van der Waals surface area (Å²) in [6, 6.07) is 3.60. The topological polar surface area (TPSA) is 35.2 Å².